The number of pyridine rings is 1. The van der Waals surface area contributed by atoms with Gasteiger partial charge >= 0.3 is 0 Å². The van der Waals surface area contributed by atoms with Gasteiger partial charge in [-0.2, -0.15) is 4.40 Å². The maximum Gasteiger partial charge on any atom is 0.287 e. The first-order chi connectivity index (χ1) is 16.1. The molecule has 0 unspecified atom stereocenters. The topological polar surface area (TPSA) is 79.9 Å². The normalized spacial score (nSPS) is 10.9. The number of halogens is 1. The number of rotatable bonds is 6. The van der Waals surface area contributed by atoms with Gasteiger partial charge in [0.05, 0.1) is 26.3 Å². The Hall–Kier alpha value is -4.04. The van der Waals surface area contributed by atoms with Gasteiger partial charge in [-0.3, -0.25) is 10.1 Å². The second-order valence-electron chi connectivity index (χ2n) is 7.60. The van der Waals surface area contributed by atoms with Gasteiger partial charge in [-0.05, 0) is 36.4 Å². The highest BCUT2D eigenvalue weighted by Gasteiger charge is 2.24. The summed E-state index contributed by atoms with van der Waals surface area (Å²) in [6, 6.07) is 20.8. The van der Waals surface area contributed by atoms with Crippen LogP contribution < -0.4 is 31.0 Å². The Labute approximate surface area is 201 Å². The minimum atomic E-state index is -0.374. The van der Waals surface area contributed by atoms with Crippen molar-refractivity contribution in [2.45, 2.75) is 6.54 Å². The molecule has 0 radical (unpaired) electrons. The predicted octanol–water partition coefficient (Wildman–Crippen LogP) is 1.52. The lowest BCUT2D eigenvalue weighted by Crippen LogP contribution is -3.00. The number of nitro groups is 1. The van der Waals surface area contributed by atoms with E-state index in [1.807, 2.05) is 42.5 Å². The predicted molar refractivity (Wildman–Crippen MR) is 124 cm³/mol. The monoisotopic (exact) mass is 479 g/mol. The Morgan fingerprint density at radius 1 is 0.882 bits per heavy atom. The van der Waals surface area contributed by atoms with E-state index in [0.717, 1.165) is 33.1 Å². The molecular formula is C25H22ClN3O5. The molecule has 0 spiro atoms. The standard InChI is InChI=1S/C25H22N3O5.ClH/c1-31-22-12-8-17(24(32-2)25(22)33-3)15-26-20-6-4-5-7-21(20)27-19-11-10-18(28(29)30)14-16(19)9-13-23(26)27;/h4-14H,15H2,1-3H3;1H/q+1;/p-1. The van der Waals surface area contributed by atoms with Gasteiger partial charge in [0.2, 0.25) is 5.75 Å². The third-order valence-corrected chi connectivity index (χ3v) is 5.91. The van der Waals surface area contributed by atoms with Crippen molar-refractivity contribution in [1.29, 1.82) is 0 Å². The van der Waals surface area contributed by atoms with Crippen molar-refractivity contribution in [2.24, 2.45) is 0 Å². The van der Waals surface area contributed by atoms with Crippen LogP contribution in [0.1, 0.15) is 5.56 Å². The van der Waals surface area contributed by atoms with Gasteiger partial charge in [-0.25, -0.2) is 4.57 Å². The first-order valence-corrected chi connectivity index (χ1v) is 10.4. The molecule has 2 heterocycles. The van der Waals surface area contributed by atoms with E-state index in [4.69, 9.17) is 14.2 Å². The molecule has 0 aliphatic rings. The number of hydrogen-bond donors (Lipinski definition) is 0. The summed E-state index contributed by atoms with van der Waals surface area (Å²) in [5.41, 5.74) is 4.89. The zero-order valence-corrected chi connectivity index (χ0v) is 19.6. The van der Waals surface area contributed by atoms with Gasteiger partial charge < -0.3 is 26.6 Å². The van der Waals surface area contributed by atoms with Gasteiger partial charge in [0, 0.05) is 29.1 Å². The number of nitro benzene ring substituents is 1. The van der Waals surface area contributed by atoms with E-state index in [9.17, 15) is 10.1 Å². The van der Waals surface area contributed by atoms with E-state index >= 15 is 0 Å². The zero-order valence-electron chi connectivity index (χ0n) is 18.8. The highest BCUT2D eigenvalue weighted by molar-refractivity contribution is 5.84. The maximum absolute atomic E-state index is 11.2. The largest absolute Gasteiger partial charge is 1.00 e. The van der Waals surface area contributed by atoms with Crippen LogP contribution in [0.15, 0.2) is 66.7 Å². The van der Waals surface area contributed by atoms with E-state index in [1.165, 1.54) is 6.07 Å². The lowest BCUT2D eigenvalue weighted by molar-refractivity contribution is -0.450. The molecule has 0 N–H and O–H groups in total. The molecule has 9 heteroatoms. The number of nitrogens with zero attached hydrogens (tertiary/aromatic N) is 3. The molecule has 8 nitrogen and oxygen atoms in total. The smallest absolute Gasteiger partial charge is 0.287 e. The summed E-state index contributed by atoms with van der Waals surface area (Å²) in [6.07, 6.45) is 0. The van der Waals surface area contributed by atoms with Gasteiger partial charge in [0.1, 0.15) is 12.1 Å². The Morgan fingerprint density at radius 2 is 1.65 bits per heavy atom. The Balaban J connectivity index is 0.00000274. The van der Waals surface area contributed by atoms with Gasteiger partial charge in [0.15, 0.2) is 22.5 Å². The summed E-state index contributed by atoms with van der Waals surface area (Å²) >= 11 is 0. The van der Waals surface area contributed by atoms with Gasteiger partial charge in [-0.1, -0.05) is 12.1 Å². The van der Waals surface area contributed by atoms with Crippen LogP contribution in [0.4, 0.5) is 5.69 Å². The summed E-state index contributed by atoms with van der Waals surface area (Å²) in [4.78, 5) is 10.9. The van der Waals surface area contributed by atoms with Crippen molar-refractivity contribution in [2.75, 3.05) is 21.3 Å². The molecule has 0 bridgehead atoms. The van der Waals surface area contributed by atoms with Crippen LogP contribution in [0, 0.1) is 10.1 Å². The Kier molecular flexibility index (Phi) is 6.17. The minimum Gasteiger partial charge on any atom is -1.00 e. The average molecular weight is 480 g/mol. The molecule has 0 amide bonds. The lowest BCUT2D eigenvalue weighted by atomic mass is 10.1. The minimum absolute atomic E-state index is 0. The summed E-state index contributed by atoms with van der Waals surface area (Å²) in [6.45, 7) is 0.527. The zero-order chi connectivity index (χ0) is 23.1. The third kappa shape index (κ3) is 3.52. The van der Waals surface area contributed by atoms with Crippen molar-refractivity contribution >= 4 is 33.3 Å². The molecule has 0 saturated carbocycles. The van der Waals surface area contributed by atoms with Crippen molar-refractivity contribution < 1.29 is 35.9 Å². The van der Waals surface area contributed by atoms with Crippen molar-refractivity contribution in [1.82, 2.24) is 4.57 Å². The van der Waals surface area contributed by atoms with E-state index in [-0.39, 0.29) is 23.0 Å². The number of non-ortho nitro benzene ring substituents is 1. The van der Waals surface area contributed by atoms with Crippen LogP contribution >= 0.6 is 0 Å². The number of methoxy groups -OCH3 is 3. The van der Waals surface area contributed by atoms with Gasteiger partial charge in [0.25, 0.3) is 11.3 Å². The Morgan fingerprint density at radius 3 is 2.35 bits per heavy atom. The number of hydrogen-bond acceptors (Lipinski definition) is 5. The third-order valence-electron chi connectivity index (χ3n) is 5.91. The van der Waals surface area contributed by atoms with Crippen molar-refractivity contribution in [3.63, 3.8) is 0 Å². The molecule has 5 aromatic rings. The lowest BCUT2D eigenvalue weighted by Gasteiger charge is -2.15. The van der Waals surface area contributed by atoms with Gasteiger partial charge in [-0.15, -0.1) is 0 Å². The molecule has 0 atom stereocenters. The maximum atomic E-state index is 11.2. The highest BCUT2D eigenvalue weighted by atomic mass is 35.5. The Bertz CT molecular complexity index is 1550. The number of fused-ring (bicyclic) bond motifs is 5. The van der Waals surface area contributed by atoms with Crippen LogP contribution in [-0.4, -0.2) is 30.8 Å². The summed E-state index contributed by atoms with van der Waals surface area (Å²) in [5.74, 6) is 1.76. The fourth-order valence-corrected chi connectivity index (χ4v) is 4.45. The molecule has 0 fully saturated rings. The molecule has 0 aliphatic carbocycles. The fourth-order valence-electron chi connectivity index (χ4n) is 4.45. The molecule has 174 valence electrons. The number of ether oxygens (including phenoxy) is 3. The first kappa shape index (κ1) is 23.1. The second kappa shape index (κ2) is 9.07. The van der Waals surface area contributed by atoms with E-state index in [0.29, 0.717) is 23.8 Å². The number of aromatic nitrogens is 2. The molecule has 3 aromatic carbocycles. The molecule has 34 heavy (non-hydrogen) atoms. The SMILES string of the molecule is COc1ccc(Cn2c3ccccc3[n+]3c4ccc([N+](=O)[O-])cc4ccc23)c(OC)c1OC.[Cl-]. The number of benzene rings is 3. The average Bonchev–Trinajstić information content (AvgIpc) is 3.17. The number of para-hydroxylation sites is 2. The summed E-state index contributed by atoms with van der Waals surface area (Å²) < 4.78 is 21.0. The highest BCUT2D eigenvalue weighted by Crippen LogP contribution is 2.40. The van der Waals surface area contributed by atoms with Crippen LogP contribution in [0.3, 0.4) is 0 Å². The van der Waals surface area contributed by atoms with Crippen LogP contribution in [0.2, 0.25) is 0 Å². The molecule has 0 aliphatic heterocycles. The second-order valence-corrected chi connectivity index (χ2v) is 7.60. The first-order valence-electron chi connectivity index (χ1n) is 10.4. The summed E-state index contributed by atoms with van der Waals surface area (Å²) in [7, 11) is 4.80. The van der Waals surface area contributed by atoms with Crippen molar-refractivity contribution in [3.8, 4) is 17.2 Å². The van der Waals surface area contributed by atoms with E-state index in [1.54, 1.807) is 33.5 Å². The van der Waals surface area contributed by atoms with Crippen LogP contribution in [-0.2, 0) is 6.54 Å². The molecule has 5 rings (SSSR count). The number of imidazole rings is 1. The fraction of sp³-hybridized carbons (Fsp3) is 0.160. The molecule has 2 aromatic heterocycles. The van der Waals surface area contributed by atoms with Crippen LogP contribution in [0.25, 0.3) is 27.6 Å². The van der Waals surface area contributed by atoms with Crippen LogP contribution in [0.5, 0.6) is 17.2 Å². The van der Waals surface area contributed by atoms with Crippen molar-refractivity contribution in [3.05, 3.63) is 82.4 Å². The molecule has 0 saturated heterocycles. The van der Waals surface area contributed by atoms with E-state index in [2.05, 4.69) is 15.0 Å². The molecular weight excluding hydrogens is 458 g/mol. The quantitative estimate of drug-likeness (QED) is 0.209. The summed E-state index contributed by atoms with van der Waals surface area (Å²) in [5, 5.41) is 12.0. The van der Waals surface area contributed by atoms with E-state index < -0.39 is 0 Å².